The Morgan fingerprint density at radius 3 is 2.58 bits per heavy atom. The van der Waals surface area contributed by atoms with Gasteiger partial charge in [-0.15, -0.1) is 0 Å². The lowest BCUT2D eigenvalue weighted by Gasteiger charge is -2.30. The highest BCUT2D eigenvalue weighted by molar-refractivity contribution is 5.93. The number of nitrogens with zero attached hydrogens (tertiary/aromatic N) is 5. The van der Waals surface area contributed by atoms with E-state index in [1.807, 2.05) is 16.4 Å². The van der Waals surface area contributed by atoms with Gasteiger partial charge in [0.05, 0.1) is 17.8 Å². The molecular weight excluding hydrogens is 310 g/mol. The van der Waals surface area contributed by atoms with Gasteiger partial charge in [-0.1, -0.05) is 0 Å². The summed E-state index contributed by atoms with van der Waals surface area (Å²) in [4.78, 5) is 35.3. The largest absolute Gasteiger partial charge is 0.476 e. The van der Waals surface area contributed by atoms with Gasteiger partial charge in [-0.3, -0.25) is 4.79 Å². The zero-order valence-corrected chi connectivity index (χ0v) is 13.9. The van der Waals surface area contributed by atoms with Crippen LogP contribution in [0.4, 0.5) is 5.82 Å². The number of amides is 1. The lowest BCUT2D eigenvalue weighted by Crippen LogP contribution is -2.35. The van der Waals surface area contributed by atoms with Crippen molar-refractivity contribution in [2.24, 2.45) is 0 Å². The predicted octanol–water partition coefficient (Wildman–Crippen LogP) is 1.01. The molecular formula is C16H19N5O3. The first kappa shape index (κ1) is 16.0. The second kappa shape index (κ2) is 5.95. The van der Waals surface area contributed by atoms with Gasteiger partial charge in [-0.05, 0) is 19.1 Å². The van der Waals surface area contributed by atoms with Crippen LogP contribution in [0.1, 0.15) is 32.4 Å². The van der Waals surface area contributed by atoms with Crippen molar-refractivity contribution in [3.05, 3.63) is 41.1 Å². The number of anilines is 1. The average Bonchev–Trinajstić information content (AvgIpc) is 2.91. The van der Waals surface area contributed by atoms with Crippen LogP contribution in [-0.4, -0.2) is 57.1 Å². The molecule has 0 aromatic carbocycles. The van der Waals surface area contributed by atoms with Gasteiger partial charge in [-0.2, -0.15) is 0 Å². The van der Waals surface area contributed by atoms with Crippen LogP contribution in [0.5, 0.6) is 0 Å². The number of aromatic nitrogens is 3. The summed E-state index contributed by atoms with van der Waals surface area (Å²) in [6.45, 7) is 3.60. The molecule has 0 radical (unpaired) electrons. The maximum atomic E-state index is 11.9. The number of carboxylic acids is 1. The minimum atomic E-state index is -1.02. The maximum absolute atomic E-state index is 11.9. The first-order chi connectivity index (χ1) is 11.4. The highest BCUT2D eigenvalue weighted by Gasteiger charge is 2.26. The van der Waals surface area contributed by atoms with Gasteiger partial charge >= 0.3 is 5.97 Å². The quantitative estimate of drug-likeness (QED) is 0.903. The van der Waals surface area contributed by atoms with Crippen molar-refractivity contribution in [1.82, 2.24) is 19.4 Å². The van der Waals surface area contributed by atoms with Crippen LogP contribution < -0.4 is 4.90 Å². The summed E-state index contributed by atoms with van der Waals surface area (Å²) in [5, 5.41) is 9.31. The Morgan fingerprint density at radius 1 is 1.25 bits per heavy atom. The van der Waals surface area contributed by atoms with E-state index in [9.17, 15) is 14.7 Å². The molecule has 8 heteroatoms. The maximum Gasteiger partial charge on any atom is 0.356 e. The lowest BCUT2D eigenvalue weighted by atomic mass is 10.2. The molecule has 0 aliphatic carbocycles. The van der Waals surface area contributed by atoms with E-state index < -0.39 is 5.97 Å². The van der Waals surface area contributed by atoms with Crippen molar-refractivity contribution in [2.45, 2.75) is 20.0 Å². The fraction of sp³-hybridized carbons (Fsp3) is 0.375. The van der Waals surface area contributed by atoms with Crippen LogP contribution in [0, 0.1) is 6.92 Å². The normalized spacial score (nSPS) is 13.5. The Kier molecular flexibility index (Phi) is 3.96. The molecule has 0 fully saturated rings. The molecule has 24 heavy (non-hydrogen) atoms. The third kappa shape index (κ3) is 2.70. The molecule has 8 nitrogen and oxygen atoms in total. The van der Waals surface area contributed by atoms with Crippen molar-refractivity contribution in [1.29, 1.82) is 0 Å². The van der Waals surface area contributed by atoms with E-state index in [4.69, 9.17) is 0 Å². The molecule has 2 aromatic rings. The first-order valence-electron chi connectivity index (χ1n) is 7.60. The van der Waals surface area contributed by atoms with Crippen molar-refractivity contribution in [3.63, 3.8) is 0 Å². The molecule has 126 valence electrons. The van der Waals surface area contributed by atoms with Crippen LogP contribution >= 0.6 is 0 Å². The number of aryl methyl sites for hydroxylation is 1. The number of carboxylic acid groups (broad SMARTS) is 1. The van der Waals surface area contributed by atoms with E-state index in [1.165, 1.54) is 4.90 Å². The van der Waals surface area contributed by atoms with Crippen molar-refractivity contribution >= 4 is 17.7 Å². The fourth-order valence-electron chi connectivity index (χ4n) is 2.87. The second-order valence-electron chi connectivity index (χ2n) is 5.94. The average molecular weight is 329 g/mol. The molecule has 2 aromatic heterocycles. The van der Waals surface area contributed by atoms with E-state index in [2.05, 4.69) is 9.97 Å². The van der Waals surface area contributed by atoms with E-state index in [0.717, 1.165) is 0 Å². The Hall–Kier alpha value is -2.90. The summed E-state index contributed by atoms with van der Waals surface area (Å²) >= 11 is 0. The zero-order valence-electron chi connectivity index (χ0n) is 13.9. The number of hydrogen-bond acceptors (Lipinski definition) is 5. The summed E-state index contributed by atoms with van der Waals surface area (Å²) < 4.78 is 1.93. The number of pyridine rings is 1. The standard InChI is InChI=1S/C16H19N5O3/c1-10-18-14(16(23)24)12-9-20(6-7-21(10)12)13-5-4-11(8-17-13)15(22)19(2)3/h4-5,8H,6-7,9H2,1-3H3,(H,23,24). The molecule has 0 spiro atoms. The Labute approximate surface area is 139 Å². The van der Waals surface area contributed by atoms with E-state index in [1.54, 1.807) is 32.4 Å². The number of hydrogen-bond donors (Lipinski definition) is 1. The minimum Gasteiger partial charge on any atom is -0.476 e. The van der Waals surface area contributed by atoms with E-state index in [0.29, 0.717) is 42.5 Å². The minimum absolute atomic E-state index is 0.0941. The molecule has 0 bridgehead atoms. The van der Waals surface area contributed by atoms with E-state index in [-0.39, 0.29) is 11.6 Å². The van der Waals surface area contributed by atoms with E-state index >= 15 is 0 Å². The molecule has 1 amide bonds. The number of fused-ring (bicyclic) bond motifs is 1. The third-order valence-corrected chi connectivity index (χ3v) is 4.13. The van der Waals surface area contributed by atoms with Crippen molar-refractivity contribution < 1.29 is 14.7 Å². The Morgan fingerprint density at radius 2 is 2.00 bits per heavy atom. The number of rotatable bonds is 3. The van der Waals surface area contributed by atoms with Gasteiger partial charge in [0.2, 0.25) is 0 Å². The number of imidazole rings is 1. The van der Waals surface area contributed by atoms with Crippen LogP contribution in [0.2, 0.25) is 0 Å². The Bertz CT molecular complexity index is 795. The van der Waals surface area contributed by atoms with Gasteiger partial charge < -0.3 is 19.5 Å². The summed E-state index contributed by atoms with van der Waals surface area (Å²) in [6, 6.07) is 3.52. The smallest absolute Gasteiger partial charge is 0.356 e. The topological polar surface area (TPSA) is 91.6 Å². The van der Waals surface area contributed by atoms with Gasteiger partial charge in [0.25, 0.3) is 5.91 Å². The highest BCUT2D eigenvalue weighted by atomic mass is 16.4. The molecule has 1 aliphatic rings. The third-order valence-electron chi connectivity index (χ3n) is 4.13. The summed E-state index contributed by atoms with van der Waals surface area (Å²) in [7, 11) is 3.38. The van der Waals surface area contributed by atoms with Gasteiger partial charge in [-0.25, -0.2) is 14.8 Å². The van der Waals surface area contributed by atoms with Gasteiger partial charge in [0.1, 0.15) is 11.6 Å². The fourth-order valence-corrected chi connectivity index (χ4v) is 2.87. The van der Waals surface area contributed by atoms with Crippen LogP contribution in [0.25, 0.3) is 0 Å². The highest BCUT2D eigenvalue weighted by Crippen LogP contribution is 2.23. The number of carbonyl (C=O) groups is 2. The monoisotopic (exact) mass is 329 g/mol. The molecule has 1 aliphatic heterocycles. The summed E-state index contributed by atoms with van der Waals surface area (Å²) in [6.07, 6.45) is 1.55. The Balaban J connectivity index is 1.85. The lowest BCUT2D eigenvalue weighted by molar-refractivity contribution is 0.0688. The molecule has 0 saturated heterocycles. The second-order valence-corrected chi connectivity index (χ2v) is 5.94. The van der Waals surface area contributed by atoms with Crippen LogP contribution in [-0.2, 0) is 13.1 Å². The molecule has 0 unspecified atom stereocenters. The van der Waals surface area contributed by atoms with Crippen molar-refractivity contribution in [2.75, 3.05) is 25.5 Å². The first-order valence-corrected chi connectivity index (χ1v) is 7.60. The van der Waals surface area contributed by atoms with Gasteiger partial charge in [0, 0.05) is 33.4 Å². The number of aromatic carboxylic acids is 1. The van der Waals surface area contributed by atoms with Gasteiger partial charge in [0.15, 0.2) is 5.69 Å². The van der Waals surface area contributed by atoms with Crippen molar-refractivity contribution in [3.8, 4) is 0 Å². The van der Waals surface area contributed by atoms with Crippen LogP contribution in [0.15, 0.2) is 18.3 Å². The predicted molar refractivity (Wildman–Crippen MR) is 87.2 cm³/mol. The molecule has 1 N–H and O–H groups in total. The van der Waals surface area contributed by atoms with Crippen LogP contribution in [0.3, 0.4) is 0 Å². The molecule has 0 atom stereocenters. The summed E-state index contributed by atoms with van der Waals surface area (Å²) in [5.74, 6) is 0.303. The molecule has 0 saturated carbocycles. The summed E-state index contributed by atoms with van der Waals surface area (Å²) in [5.41, 5.74) is 1.30. The zero-order chi connectivity index (χ0) is 17.4. The SMILES string of the molecule is Cc1nc(C(=O)O)c2n1CCN(c1ccc(C(=O)N(C)C)cn1)C2. The molecule has 3 rings (SSSR count). The number of carbonyl (C=O) groups excluding carboxylic acids is 1. The molecule has 3 heterocycles.